The number of nitrogens with one attached hydrogen (secondary N) is 1. The minimum Gasteiger partial charge on any atom is -0.345 e. The Kier molecular flexibility index (Phi) is 9.66. The predicted molar refractivity (Wildman–Crippen MR) is 52.3 cm³/mol. The molecule has 0 rings (SSSR count). The third-order valence-electron chi connectivity index (χ3n) is 1.17. The van der Waals surface area contributed by atoms with Crippen LogP contribution in [0.2, 0.25) is 0 Å². The standard InChI is InChI=1S/C8H14N2O.ClH/c1-4-6-9-8(11)5-7-10(2)3;/h1H,5-7H2,2-3H3,(H,9,11);1H. The van der Waals surface area contributed by atoms with E-state index in [9.17, 15) is 4.79 Å². The van der Waals surface area contributed by atoms with Gasteiger partial charge in [-0.25, -0.2) is 0 Å². The first-order valence-corrected chi connectivity index (χ1v) is 3.51. The predicted octanol–water partition coefficient (Wildman–Crippen LogP) is 0.109. The van der Waals surface area contributed by atoms with Gasteiger partial charge >= 0.3 is 0 Å². The molecule has 0 saturated carbocycles. The molecule has 0 atom stereocenters. The molecule has 0 aliphatic rings. The second-order valence-electron chi connectivity index (χ2n) is 2.53. The molecule has 0 bridgehead atoms. The summed E-state index contributed by atoms with van der Waals surface area (Å²) in [5, 5.41) is 2.59. The summed E-state index contributed by atoms with van der Waals surface area (Å²) in [4.78, 5) is 12.8. The van der Waals surface area contributed by atoms with Gasteiger partial charge in [0.25, 0.3) is 0 Å². The highest BCUT2D eigenvalue weighted by atomic mass is 35.5. The van der Waals surface area contributed by atoms with Crippen LogP contribution >= 0.6 is 12.4 Å². The van der Waals surface area contributed by atoms with Crippen LogP contribution in [0, 0.1) is 12.3 Å². The number of halogens is 1. The molecule has 4 heteroatoms. The highest BCUT2D eigenvalue weighted by Gasteiger charge is 1.98. The summed E-state index contributed by atoms with van der Waals surface area (Å²) in [6, 6.07) is 0. The Balaban J connectivity index is 0. The highest BCUT2D eigenvalue weighted by Crippen LogP contribution is 1.81. The second-order valence-corrected chi connectivity index (χ2v) is 2.53. The van der Waals surface area contributed by atoms with Crippen molar-refractivity contribution >= 4 is 18.3 Å². The van der Waals surface area contributed by atoms with Crippen LogP contribution in [0.25, 0.3) is 0 Å². The normalized spacial score (nSPS) is 8.50. The van der Waals surface area contributed by atoms with Crippen molar-refractivity contribution in [2.45, 2.75) is 6.42 Å². The molecule has 3 nitrogen and oxygen atoms in total. The topological polar surface area (TPSA) is 32.3 Å². The third kappa shape index (κ3) is 9.28. The Morgan fingerprint density at radius 3 is 2.58 bits per heavy atom. The number of hydrogen-bond acceptors (Lipinski definition) is 2. The zero-order valence-electron chi connectivity index (χ0n) is 7.46. The summed E-state index contributed by atoms with van der Waals surface area (Å²) in [6.07, 6.45) is 5.47. The van der Waals surface area contributed by atoms with Crippen LogP contribution in [-0.2, 0) is 4.79 Å². The van der Waals surface area contributed by atoms with E-state index >= 15 is 0 Å². The SMILES string of the molecule is C#CCNC(=O)CCN(C)C.Cl. The van der Waals surface area contributed by atoms with E-state index in [1.807, 2.05) is 19.0 Å². The third-order valence-corrected chi connectivity index (χ3v) is 1.17. The van der Waals surface area contributed by atoms with E-state index < -0.39 is 0 Å². The quantitative estimate of drug-likeness (QED) is 0.639. The van der Waals surface area contributed by atoms with E-state index in [0.717, 1.165) is 6.54 Å². The molecule has 0 aliphatic heterocycles. The molecule has 0 fully saturated rings. The summed E-state index contributed by atoms with van der Waals surface area (Å²) >= 11 is 0. The Hall–Kier alpha value is -0.720. The molecule has 0 aliphatic carbocycles. The number of carbonyl (C=O) groups excluding carboxylic acids is 1. The van der Waals surface area contributed by atoms with Gasteiger partial charge in [0.1, 0.15) is 0 Å². The Morgan fingerprint density at radius 2 is 2.17 bits per heavy atom. The first kappa shape index (κ1) is 13.8. The lowest BCUT2D eigenvalue weighted by Crippen LogP contribution is -2.27. The molecule has 70 valence electrons. The van der Waals surface area contributed by atoms with Crippen molar-refractivity contribution in [1.82, 2.24) is 10.2 Å². The summed E-state index contributed by atoms with van der Waals surface area (Å²) in [5.41, 5.74) is 0. The minimum absolute atomic E-state index is 0. The monoisotopic (exact) mass is 190 g/mol. The van der Waals surface area contributed by atoms with Crippen molar-refractivity contribution in [3.63, 3.8) is 0 Å². The Morgan fingerprint density at radius 1 is 1.58 bits per heavy atom. The molecule has 1 amide bonds. The smallest absolute Gasteiger partial charge is 0.222 e. The molecule has 0 aromatic carbocycles. The van der Waals surface area contributed by atoms with E-state index in [2.05, 4.69) is 11.2 Å². The van der Waals surface area contributed by atoms with E-state index in [4.69, 9.17) is 6.42 Å². The number of amides is 1. The minimum atomic E-state index is 0. The lowest BCUT2D eigenvalue weighted by molar-refractivity contribution is -0.121. The van der Waals surface area contributed by atoms with Crippen LogP contribution < -0.4 is 5.32 Å². The van der Waals surface area contributed by atoms with Crippen LogP contribution in [0.15, 0.2) is 0 Å². The van der Waals surface area contributed by atoms with Crippen LogP contribution in [0.4, 0.5) is 0 Å². The fourth-order valence-corrected chi connectivity index (χ4v) is 0.563. The fourth-order valence-electron chi connectivity index (χ4n) is 0.563. The first-order valence-electron chi connectivity index (χ1n) is 3.51. The number of nitrogens with zero attached hydrogens (tertiary/aromatic N) is 1. The fraction of sp³-hybridized carbons (Fsp3) is 0.625. The summed E-state index contributed by atoms with van der Waals surface area (Å²) < 4.78 is 0. The first-order chi connectivity index (χ1) is 5.16. The lowest BCUT2D eigenvalue weighted by atomic mass is 10.4. The summed E-state index contributed by atoms with van der Waals surface area (Å²) in [7, 11) is 3.85. The zero-order valence-corrected chi connectivity index (χ0v) is 8.28. The number of carbonyl (C=O) groups is 1. The van der Waals surface area contributed by atoms with Gasteiger partial charge in [-0.2, -0.15) is 0 Å². The number of hydrogen-bond donors (Lipinski definition) is 1. The summed E-state index contributed by atoms with van der Waals surface area (Å²) in [6.45, 7) is 1.09. The highest BCUT2D eigenvalue weighted by molar-refractivity contribution is 5.85. The van der Waals surface area contributed by atoms with Gasteiger partial charge in [0.05, 0.1) is 6.54 Å². The molecule has 0 radical (unpaired) electrons. The molecule has 0 saturated heterocycles. The van der Waals surface area contributed by atoms with Crippen LogP contribution in [0.3, 0.4) is 0 Å². The van der Waals surface area contributed by atoms with Crippen molar-refractivity contribution < 1.29 is 4.79 Å². The molecule has 0 spiro atoms. The van der Waals surface area contributed by atoms with E-state index in [-0.39, 0.29) is 18.3 Å². The van der Waals surface area contributed by atoms with Crippen LogP contribution in [0.1, 0.15) is 6.42 Å². The van der Waals surface area contributed by atoms with Gasteiger partial charge < -0.3 is 10.2 Å². The van der Waals surface area contributed by atoms with Crippen molar-refractivity contribution in [3.05, 3.63) is 0 Å². The maximum absolute atomic E-state index is 10.9. The Labute approximate surface area is 79.9 Å². The largest absolute Gasteiger partial charge is 0.345 e. The Bertz CT molecular complexity index is 163. The molecule has 0 aromatic heterocycles. The van der Waals surface area contributed by atoms with Crippen molar-refractivity contribution in [1.29, 1.82) is 0 Å². The zero-order chi connectivity index (χ0) is 8.69. The van der Waals surface area contributed by atoms with Crippen LogP contribution in [0.5, 0.6) is 0 Å². The van der Waals surface area contributed by atoms with Crippen molar-refractivity contribution in [2.24, 2.45) is 0 Å². The van der Waals surface area contributed by atoms with Gasteiger partial charge in [0, 0.05) is 13.0 Å². The maximum atomic E-state index is 10.9. The molecule has 0 aromatic rings. The van der Waals surface area contributed by atoms with E-state index in [1.54, 1.807) is 0 Å². The molecule has 12 heavy (non-hydrogen) atoms. The summed E-state index contributed by atoms with van der Waals surface area (Å²) in [5.74, 6) is 2.35. The molecule has 0 heterocycles. The van der Waals surface area contributed by atoms with Crippen molar-refractivity contribution in [2.75, 3.05) is 27.2 Å². The maximum Gasteiger partial charge on any atom is 0.222 e. The van der Waals surface area contributed by atoms with Gasteiger partial charge in [-0.3, -0.25) is 4.79 Å². The van der Waals surface area contributed by atoms with Gasteiger partial charge in [0.15, 0.2) is 0 Å². The second kappa shape index (κ2) is 8.38. The van der Waals surface area contributed by atoms with Gasteiger partial charge in [-0.1, -0.05) is 5.92 Å². The molecule has 0 unspecified atom stereocenters. The average Bonchev–Trinajstić information content (AvgIpc) is 1.97. The molecule has 1 N–H and O–H groups in total. The average molecular weight is 191 g/mol. The van der Waals surface area contributed by atoms with E-state index in [1.165, 1.54) is 0 Å². The van der Waals surface area contributed by atoms with E-state index in [0.29, 0.717) is 13.0 Å². The number of rotatable bonds is 4. The molecular formula is C8H15ClN2O. The van der Waals surface area contributed by atoms with Crippen molar-refractivity contribution in [3.8, 4) is 12.3 Å². The van der Waals surface area contributed by atoms with Gasteiger partial charge in [-0.05, 0) is 14.1 Å². The molecular weight excluding hydrogens is 176 g/mol. The van der Waals surface area contributed by atoms with Gasteiger partial charge in [0.2, 0.25) is 5.91 Å². The lowest BCUT2D eigenvalue weighted by Gasteiger charge is -2.07. The van der Waals surface area contributed by atoms with Crippen LogP contribution in [-0.4, -0.2) is 38.0 Å². The number of terminal acetylenes is 1. The van der Waals surface area contributed by atoms with Gasteiger partial charge in [-0.15, -0.1) is 18.8 Å².